The first-order chi connectivity index (χ1) is 15.1. The van der Waals surface area contributed by atoms with Gasteiger partial charge in [0.15, 0.2) is 0 Å². The summed E-state index contributed by atoms with van der Waals surface area (Å²) >= 11 is 5.97. The first-order valence-electron chi connectivity index (χ1n) is 12.7. The molecule has 0 unspecified atom stereocenters. The highest BCUT2D eigenvalue weighted by atomic mass is 35.5. The van der Waals surface area contributed by atoms with E-state index in [0.29, 0.717) is 16.5 Å². The summed E-state index contributed by atoms with van der Waals surface area (Å²) in [5.41, 5.74) is 2.75. The first-order valence-corrected chi connectivity index (χ1v) is 15.5. The molecular formula is C28H38ClFSi. The van der Waals surface area contributed by atoms with E-state index in [0.717, 1.165) is 17.4 Å². The van der Waals surface area contributed by atoms with Crippen molar-refractivity contribution in [2.45, 2.75) is 88.8 Å². The summed E-state index contributed by atoms with van der Waals surface area (Å²) in [6.45, 7) is 2.36. The van der Waals surface area contributed by atoms with Crippen LogP contribution in [0.15, 0.2) is 42.5 Å². The molecule has 1 aliphatic carbocycles. The van der Waals surface area contributed by atoms with Crippen LogP contribution in [0.2, 0.25) is 23.2 Å². The third kappa shape index (κ3) is 6.23. The molecule has 2 aromatic rings. The van der Waals surface area contributed by atoms with Gasteiger partial charge in [0.1, 0.15) is 5.82 Å². The summed E-state index contributed by atoms with van der Waals surface area (Å²) in [5.74, 6) is 2.34. The first kappa shape index (κ1) is 23.0. The maximum absolute atomic E-state index is 14.8. The van der Waals surface area contributed by atoms with E-state index < -0.39 is 0 Å². The number of hydrogen-bond acceptors (Lipinski definition) is 0. The normalized spacial score (nSPS) is 26.7. The molecule has 0 amide bonds. The third-order valence-electron chi connectivity index (χ3n) is 8.11. The Balaban J connectivity index is 1.24. The van der Waals surface area contributed by atoms with E-state index in [-0.39, 0.29) is 14.6 Å². The van der Waals surface area contributed by atoms with Crippen LogP contribution in [0.4, 0.5) is 4.39 Å². The van der Waals surface area contributed by atoms with Crippen LogP contribution >= 0.6 is 11.6 Å². The molecule has 0 spiro atoms. The third-order valence-corrected chi connectivity index (χ3v) is 12.1. The summed E-state index contributed by atoms with van der Waals surface area (Å²) in [6, 6.07) is 18.1. The Morgan fingerprint density at radius 1 is 0.871 bits per heavy atom. The standard InChI is InChI=1S/C28H38ClFSi/c1-2-17-31-18-15-22(16-19-31)4-3-21-5-7-23(8-6-21)25-11-14-27(28(30)20-25)24-9-12-26(29)13-10-24/h9-14,20-23,31H,2-8,15-19H2,1H3/t21-,22-,23-,31-. The summed E-state index contributed by atoms with van der Waals surface area (Å²) in [7, 11) is -0.334. The summed E-state index contributed by atoms with van der Waals surface area (Å²) in [4.78, 5) is 0. The second-order valence-corrected chi connectivity index (χ2v) is 14.1. The van der Waals surface area contributed by atoms with Gasteiger partial charge in [-0.1, -0.05) is 93.0 Å². The van der Waals surface area contributed by atoms with Crippen LogP contribution in [-0.2, 0) is 0 Å². The zero-order valence-electron chi connectivity index (χ0n) is 19.1. The van der Waals surface area contributed by atoms with Crippen molar-refractivity contribution in [3.05, 3.63) is 58.9 Å². The fraction of sp³-hybridized carbons (Fsp3) is 0.571. The van der Waals surface area contributed by atoms with Crippen LogP contribution in [0.3, 0.4) is 0 Å². The van der Waals surface area contributed by atoms with Crippen LogP contribution < -0.4 is 0 Å². The fourth-order valence-corrected chi connectivity index (χ4v) is 9.82. The molecule has 168 valence electrons. The van der Waals surface area contributed by atoms with Gasteiger partial charge in [0, 0.05) is 19.4 Å². The van der Waals surface area contributed by atoms with Crippen LogP contribution in [0.25, 0.3) is 11.1 Å². The Morgan fingerprint density at radius 2 is 1.52 bits per heavy atom. The average molecular weight is 457 g/mol. The van der Waals surface area contributed by atoms with Gasteiger partial charge in [0.05, 0.1) is 0 Å². The molecule has 1 heterocycles. The number of halogens is 2. The second kappa shape index (κ2) is 11.1. The highest BCUT2D eigenvalue weighted by molar-refractivity contribution is 6.58. The number of rotatable bonds is 7. The summed E-state index contributed by atoms with van der Waals surface area (Å²) in [6.07, 6.45) is 12.5. The molecule has 31 heavy (non-hydrogen) atoms. The molecule has 2 aliphatic rings. The molecule has 1 saturated heterocycles. The van der Waals surface area contributed by atoms with Gasteiger partial charge in [-0.15, -0.1) is 0 Å². The Labute approximate surface area is 195 Å². The van der Waals surface area contributed by atoms with Crippen molar-refractivity contribution in [1.82, 2.24) is 0 Å². The van der Waals surface area contributed by atoms with Crippen LogP contribution in [0.5, 0.6) is 0 Å². The molecule has 0 nitrogen and oxygen atoms in total. The van der Waals surface area contributed by atoms with E-state index in [9.17, 15) is 4.39 Å². The highest BCUT2D eigenvalue weighted by Gasteiger charge is 2.26. The predicted molar refractivity (Wildman–Crippen MR) is 135 cm³/mol. The van der Waals surface area contributed by atoms with Crippen molar-refractivity contribution in [2.75, 3.05) is 0 Å². The minimum Gasteiger partial charge on any atom is -0.206 e. The van der Waals surface area contributed by atoms with Gasteiger partial charge < -0.3 is 0 Å². The van der Waals surface area contributed by atoms with E-state index in [1.165, 1.54) is 63.4 Å². The SMILES string of the molecule is CCC[Si@H]1CC[C@H](CC[C@H]2CC[C@H](c3ccc(-c4ccc(Cl)cc4)c(F)c3)CC2)CC1. The minimum atomic E-state index is -0.334. The number of hydrogen-bond donors (Lipinski definition) is 0. The summed E-state index contributed by atoms with van der Waals surface area (Å²) < 4.78 is 14.8. The van der Waals surface area contributed by atoms with Crippen LogP contribution in [-0.4, -0.2) is 8.80 Å². The Hall–Kier alpha value is -1.12. The Kier molecular flexibility index (Phi) is 8.28. The minimum absolute atomic E-state index is 0.107. The monoisotopic (exact) mass is 456 g/mol. The maximum Gasteiger partial charge on any atom is 0.131 e. The lowest BCUT2D eigenvalue weighted by Crippen LogP contribution is -2.22. The fourth-order valence-electron chi connectivity index (χ4n) is 6.12. The molecule has 3 heteroatoms. The average Bonchev–Trinajstić information content (AvgIpc) is 2.80. The van der Waals surface area contributed by atoms with E-state index in [2.05, 4.69) is 13.0 Å². The van der Waals surface area contributed by atoms with Gasteiger partial charge in [-0.2, -0.15) is 0 Å². The molecule has 1 aliphatic heterocycles. The van der Waals surface area contributed by atoms with Gasteiger partial charge >= 0.3 is 0 Å². The van der Waals surface area contributed by atoms with Crippen molar-refractivity contribution in [1.29, 1.82) is 0 Å². The van der Waals surface area contributed by atoms with Crippen molar-refractivity contribution in [2.24, 2.45) is 11.8 Å². The van der Waals surface area contributed by atoms with Gasteiger partial charge in [0.25, 0.3) is 0 Å². The van der Waals surface area contributed by atoms with Crippen LogP contribution in [0, 0.1) is 17.7 Å². The zero-order valence-corrected chi connectivity index (χ0v) is 21.0. The van der Waals surface area contributed by atoms with E-state index >= 15 is 0 Å². The Bertz CT molecular complexity index is 817. The zero-order chi connectivity index (χ0) is 21.6. The van der Waals surface area contributed by atoms with Gasteiger partial charge in [-0.25, -0.2) is 4.39 Å². The largest absolute Gasteiger partial charge is 0.206 e. The van der Waals surface area contributed by atoms with Crippen molar-refractivity contribution < 1.29 is 4.39 Å². The van der Waals surface area contributed by atoms with Gasteiger partial charge in [0.2, 0.25) is 0 Å². The van der Waals surface area contributed by atoms with Gasteiger partial charge in [-0.3, -0.25) is 0 Å². The maximum atomic E-state index is 14.8. The lowest BCUT2D eigenvalue weighted by Gasteiger charge is -2.32. The quantitative estimate of drug-likeness (QED) is 0.364. The molecule has 0 radical (unpaired) electrons. The molecular weight excluding hydrogens is 419 g/mol. The van der Waals surface area contributed by atoms with Gasteiger partial charge in [-0.05, 0) is 72.8 Å². The van der Waals surface area contributed by atoms with E-state index in [4.69, 9.17) is 11.6 Å². The van der Waals surface area contributed by atoms with Crippen LogP contribution in [0.1, 0.15) is 76.2 Å². The predicted octanol–water partition coefficient (Wildman–Crippen LogP) is 9.25. The van der Waals surface area contributed by atoms with E-state index in [1.54, 1.807) is 24.2 Å². The molecule has 0 N–H and O–H groups in total. The molecule has 1 saturated carbocycles. The topological polar surface area (TPSA) is 0 Å². The Morgan fingerprint density at radius 3 is 2.13 bits per heavy atom. The molecule has 4 rings (SSSR count). The molecule has 2 aromatic carbocycles. The van der Waals surface area contributed by atoms with Crippen molar-refractivity contribution >= 4 is 20.4 Å². The number of benzene rings is 2. The van der Waals surface area contributed by atoms with Crippen molar-refractivity contribution in [3.63, 3.8) is 0 Å². The van der Waals surface area contributed by atoms with E-state index in [1.807, 2.05) is 30.3 Å². The molecule has 0 atom stereocenters. The summed E-state index contributed by atoms with van der Waals surface area (Å²) in [5, 5.41) is 0.684. The second-order valence-electron chi connectivity index (χ2n) is 10.2. The lowest BCUT2D eigenvalue weighted by molar-refractivity contribution is 0.280. The molecule has 0 aromatic heterocycles. The molecule has 0 bridgehead atoms. The smallest absolute Gasteiger partial charge is 0.131 e. The lowest BCUT2D eigenvalue weighted by atomic mass is 9.76. The van der Waals surface area contributed by atoms with Crippen molar-refractivity contribution in [3.8, 4) is 11.1 Å². The highest BCUT2D eigenvalue weighted by Crippen LogP contribution is 2.40. The molecule has 2 fully saturated rings.